The average Bonchev–Trinajstić information content (AvgIpc) is 2.23. The maximum absolute atomic E-state index is 9.38. The van der Waals surface area contributed by atoms with E-state index in [9.17, 15) is 5.26 Å². The number of nitrogens with zero attached hydrogens (tertiary/aromatic N) is 1. The molecule has 86 valence electrons. The molecule has 15 heavy (non-hydrogen) atoms. The average molecular weight is 210 g/mol. The van der Waals surface area contributed by atoms with Crippen molar-refractivity contribution in [1.82, 2.24) is 5.32 Å². The molecular weight excluding hydrogens is 188 g/mol. The fraction of sp³-hybridized carbons (Fsp3) is 0.917. The number of ether oxygens (including phenoxy) is 1. The maximum Gasteiger partial charge on any atom is 0.109 e. The van der Waals surface area contributed by atoms with Gasteiger partial charge in [0.2, 0.25) is 0 Å². The Morgan fingerprint density at radius 3 is 2.80 bits per heavy atom. The van der Waals surface area contributed by atoms with Crippen LogP contribution in [0.1, 0.15) is 33.1 Å². The molecule has 0 bridgehead atoms. The summed E-state index contributed by atoms with van der Waals surface area (Å²) in [4.78, 5) is 0. The van der Waals surface area contributed by atoms with Crippen LogP contribution in [0.3, 0.4) is 0 Å². The van der Waals surface area contributed by atoms with E-state index in [1.54, 1.807) is 7.11 Å². The fourth-order valence-electron chi connectivity index (χ4n) is 2.45. The molecule has 1 fully saturated rings. The summed E-state index contributed by atoms with van der Waals surface area (Å²) in [5.74, 6) is 1.09. The van der Waals surface area contributed by atoms with Crippen LogP contribution < -0.4 is 5.32 Å². The Morgan fingerprint density at radius 1 is 1.47 bits per heavy atom. The van der Waals surface area contributed by atoms with E-state index in [1.807, 2.05) is 0 Å². The molecule has 0 amide bonds. The molecule has 3 nitrogen and oxygen atoms in total. The molecule has 0 aromatic carbocycles. The lowest BCUT2D eigenvalue weighted by Crippen LogP contribution is -2.53. The smallest absolute Gasteiger partial charge is 0.109 e. The molecule has 0 aliphatic heterocycles. The quantitative estimate of drug-likeness (QED) is 0.721. The Balaban J connectivity index is 2.60. The van der Waals surface area contributed by atoms with Gasteiger partial charge in [-0.15, -0.1) is 0 Å². The predicted octanol–water partition coefficient (Wildman–Crippen LogP) is 1.94. The van der Waals surface area contributed by atoms with Gasteiger partial charge in [-0.25, -0.2) is 0 Å². The lowest BCUT2D eigenvalue weighted by Gasteiger charge is -2.40. The monoisotopic (exact) mass is 210 g/mol. The lowest BCUT2D eigenvalue weighted by molar-refractivity contribution is 0.143. The van der Waals surface area contributed by atoms with E-state index in [1.165, 1.54) is 6.42 Å². The van der Waals surface area contributed by atoms with E-state index < -0.39 is 0 Å². The molecular formula is C12H22N2O. The van der Waals surface area contributed by atoms with Crippen molar-refractivity contribution < 1.29 is 4.74 Å². The van der Waals surface area contributed by atoms with Gasteiger partial charge in [-0.05, 0) is 24.7 Å². The Bertz CT molecular complexity index is 236. The molecule has 0 heterocycles. The zero-order valence-electron chi connectivity index (χ0n) is 10.0. The zero-order chi connectivity index (χ0) is 11.3. The summed E-state index contributed by atoms with van der Waals surface area (Å²) < 4.78 is 5.01. The number of methoxy groups -OCH3 is 1. The van der Waals surface area contributed by atoms with Gasteiger partial charge in [-0.2, -0.15) is 5.26 Å². The molecule has 1 rings (SSSR count). The van der Waals surface area contributed by atoms with Gasteiger partial charge in [-0.3, -0.25) is 5.32 Å². The Morgan fingerprint density at radius 2 is 2.20 bits per heavy atom. The molecule has 3 atom stereocenters. The first kappa shape index (κ1) is 12.5. The molecule has 0 aromatic rings. The molecule has 1 aliphatic carbocycles. The fourth-order valence-corrected chi connectivity index (χ4v) is 2.45. The van der Waals surface area contributed by atoms with E-state index in [0.29, 0.717) is 18.4 Å². The highest BCUT2D eigenvalue weighted by Crippen LogP contribution is 2.36. The van der Waals surface area contributed by atoms with E-state index in [2.05, 4.69) is 25.2 Å². The molecule has 0 saturated heterocycles. The predicted molar refractivity (Wildman–Crippen MR) is 60.4 cm³/mol. The van der Waals surface area contributed by atoms with Crippen LogP contribution in [0.25, 0.3) is 0 Å². The van der Waals surface area contributed by atoms with Crippen LogP contribution in [0.2, 0.25) is 0 Å². The SMILES string of the molecule is COCCNC1(C#N)CC(C)CCC1C. The summed E-state index contributed by atoms with van der Waals surface area (Å²) in [5, 5.41) is 12.8. The number of nitriles is 1. The van der Waals surface area contributed by atoms with Crippen LogP contribution in [0.5, 0.6) is 0 Å². The topological polar surface area (TPSA) is 45.0 Å². The van der Waals surface area contributed by atoms with Crippen molar-refractivity contribution in [3.63, 3.8) is 0 Å². The van der Waals surface area contributed by atoms with Gasteiger partial charge in [0.15, 0.2) is 0 Å². The lowest BCUT2D eigenvalue weighted by atomic mass is 9.70. The zero-order valence-corrected chi connectivity index (χ0v) is 10.0. The minimum atomic E-state index is -0.323. The molecule has 3 unspecified atom stereocenters. The summed E-state index contributed by atoms with van der Waals surface area (Å²) in [6.07, 6.45) is 3.36. The molecule has 0 spiro atoms. The van der Waals surface area contributed by atoms with Gasteiger partial charge in [0.25, 0.3) is 0 Å². The summed E-state index contributed by atoms with van der Waals surface area (Å²) in [6.45, 7) is 5.84. The number of rotatable bonds is 4. The second-order valence-electron chi connectivity index (χ2n) is 4.79. The number of hydrogen-bond donors (Lipinski definition) is 1. The largest absolute Gasteiger partial charge is 0.383 e. The van der Waals surface area contributed by atoms with Crippen LogP contribution in [0.4, 0.5) is 0 Å². The summed E-state index contributed by atoms with van der Waals surface area (Å²) >= 11 is 0. The third-order valence-corrected chi connectivity index (χ3v) is 3.55. The van der Waals surface area contributed by atoms with Crippen molar-refractivity contribution in [3.8, 4) is 6.07 Å². The van der Waals surface area contributed by atoms with Gasteiger partial charge in [0.05, 0.1) is 12.7 Å². The summed E-state index contributed by atoms with van der Waals surface area (Å²) in [7, 11) is 1.69. The minimum absolute atomic E-state index is 0.323. The molecule has 1 aliphatic rings. The van der Waals surface area contributed by atoms with Gasteiger partial charge in [0, 0.05) is 13.7 Å². The van der Waals surface area contributed by atoms with Gasteiger partial charge in [0.1, 0.15) is 5.54 Å². The Hall–Kier alpha value is -0.590. The van der Waals surface area contributed by atoms with Crippen molar-refractivity contribution in [1.29, 1.82) is 5.26 Å². The standard InChI is InChI=1S/C12H22N2O/c1-10-4-5-11(2)12(8-10,9-13)14-6-7-15-3/h10-11,14H,4-8H2,1-3H3. The summed E-state index contributed by atoms with van der Waals surface area (Å²) in [6, 6.07) is 2.49. The second-order valence-corrected chi connectivity index (χ2v) is 4.79. The first-order valence-corrected chi connectivity index (χ1v) is 5.80. The highest BCUT2D eigenvalue weighted by atomic mass is 16.5. The number of hydrogen-bond acceptors (Lipinski definition) is 3. The Kier molecular flexibility index (Phi) is 4.56. The highest BCUT2D eigenvalue weighted by Gasteiger charge is 2.40. The molecule has 1 N–H and O–H groups in total. The number of nitrogens with one attached hydrogen (secondary N) is 1. The van der Waals surface area contributed by atoms with Crippen LogP contribution in [0.15, 0.2) is 0 Å². The van der Waals surface area contributed by atoms with Crippen LogP contribution >= 0.6 is 0 Å². The van der Waals surface area contributed by atoms with Crippen molar-refractivity contribution in [2.75, 3.05) is 20.3 Å². The maximum atomic E-state index is 9.38. The Labute approximate surface area is 92.8 Å². The van der Waals surface area contributed by atoms with Crippen LogP contribution in [-0.4, -0.2) is 25.8 Å². The van der Waals surface area contributed by atoms with E-state index in [4.69, 9.17) is 4.74 Å². The second kappa shape index (κ2) is 5.48. The van der Waals surface area contributed by atoms with Crippen molar-refractivity contribution in [2.24, 2.45) is 11.8 Å². The van der Waals surface area contributed by atoms with E-state index in [0.717, 1.165) is 19.4 Å². The van der Waals surface area contributed by atoms with E-state index in [-0.39, 0.29) is 5.54 Å². The van der Waals surface area contributed by atoms with Gasteiger partial charge in [-0.1, -0.05) is 20.3 Å². The highest BCUT2D eigenvalue weighted by molar-refractivity contribution is 5.12. The van der Waals surface area contributed by atoms with Crippen LogP contribution in [0, 0.1) is 23.2 Å². The molecule has 0 aromatic heterocycles. The first-order valence-electron chi connectivity index (χ1n) is 5.80. The van der Waals surface area contributed by atoms with Crippen LogP contribution in [-0.2, 0) is 4.74 Å². The summed E-state index contributed by atoms with van der Waals surface area (Å²) in [5.41, 5.74) is -0.323. The molecule has 0 radical (unpaired) electrons. The van der Waals surface area contributed by atoms with Crippen molar-refractivity contribution >= 4 is 0 Å². The third-order valence-electron chi connectivity index (χ3n) is 3.55. The van der Waals surface area contributed by atoms with E-state index >= 15 is 0 Å². The van der Waals surface area contributed by atoms with Crippen molar-refractivity contribution in [2.45, 2.75) is 38.6 Å². The van der Waals surface area contributed by atoms with Crippen molar-refractivity contribution in [3.05, 3.63) is 0 Å². The normalized spacial score (nSPS) is 36.1. The third kappa shape index (κ3) is 2.93. The molecule has 1 saturated carbocycles. The van der Waals surface area contributed by atoms with Gasteiger partial charge < -0.3 is 4.74 Å². The minimum Gasteiger partial charge on any atom is -0.383 e. The van der Waals surface area contributed by atoms with Gasteiger partial charge >= 0.3 is 0 Å². The first-order chi connectivity index (χ1) is 7.14. The molecule has 3 heteroatoms.